The first-order valence-electron chi connectivity index (χ1n) is 8.23. The van der Waals surface area contributed by atoms with E-state index in [2.05, 4.69) is 24.2 Å². The second-order valence-corrected chi connectivity index (χ2v) is 7.95. The van der Waals surface area contributed by atoms with E-state index in [-0.39, 0.29) is 12.3 Å². The normalized spacial score (nSPS) is 22.6. The smallest absolute Gasteiger partial charge is 0.432 e. The fourth-order valence-electron chi connectivity index (χ4n) is 2.28. The fourth-order valence-corrected chi connectivity index (χ4v) is 3.02. The van der Waals surface area contributed by atoms with Crippen molar-refractivity contribution < 1.29 is 33.0 Å². The zero-order valence-corrected chi connectivity index (χ0v) is 16.2. The zero-order chi connectivity index (χ0) is 20.0. The van der Waals surface area contributed by atoms with Crippen LogP contribution in [0.2, 0.25) is 0 Å². The van der Waals surface area contributed by atoms with Crippen LogP contribution in [0.5, 0.6) is 0 Å². The summed E-state index contributed by atoms with van der Waals surface area (Å²) in [6.45, 7) is 5.08. The van der Waals surface area contributed by atoms with Gasteiger partial charge >= 0.3 is 13.8 Å². The fraction of sp³-hybridized carbons (Fsp3) is 0.714. The maximum atomic E-state index is 11.9. The molecule has 0 saturated carbocycles. The summed E-state index contributed by atoms with van der Waals surface area (Å²) in [7, 11) is -4.09. The standard InChI is InChI=1S/C14H24N5O7P/c1-9(2)26-14(20)23-7-25-27(21,22)8-24-10(3)4-19-6-18-11-12(15)16-5-17-13(11)19/h5,9-10,13H,4,6-8H2,1-3H3,(H,21,22)(H2,15,16,17)/t10-,13?/m0/s1. The maximum Gasteiger partial charge on any atom is 0.510 e. The van der Waals surface area contributed by atoms with E-state index in [0.717, 1.165) is 0 Å². The molecule has 0 fully saturated rings. The van der Waals surface area contributed by atoms with Crippen LogP contribution in [0.3, 0.4) is 0 Å². The average Bonchev–Trinajstić information content (AvgIpc) is 2.97. The molecule has 0 spiro atoms. The zero-order valence-electron chi connectivity index (χ0n) is 15.3. The minimum atomic E-state index is -4.09. The van der Waals surface area contributed by atoms with Crippen LogP contribution in [-0.4, -0.2) is 78.6 Å². The molecule has 0 radical (unpaired) electrons. The molecule has 12 nitrogen and oxygen atoms in total. The number of hydrogen-bond acceptors (Lipinski definition) is 11. The Morgan fingerprint density at radius 2 is 2.22 bits per heavy atom. The third-order valence-corrected chi connectivity index (χ3v) is 4.44. The van der Waals surface area contributed by atoms with E-state index in [1.54, 1.807) is 20.8 Å². The molecule has 2 aliphatic rings. The van der Waals surface area contributed by atoms with Gasteiger partial charge in [0.15, 0.2) is 6.17 Å². The number of amidine groups is 1. The maximum absolute atomic E-state index is 11.9. The molecule has 3 N–H and O–H groups in total. The van der Waals surface area contributed by atoms with Crippen molar-refractivity contribution in [2.75, 3.05) is 26.4 Å². The summed E-state index contributed by atoms with van der Waals surface area (Å²) in [5, 5.41) is 0. The van der Waals surface area contributed by atoms with Crippen molar-refractivity contribution in [2.24, 2.45) is 20.7 Å². The molecule has 27 heavy (non-hydrogen) atoms. The Hall–Kier alpha value is -1.85. The van der Waals surface area contributed by atoms with Crippen molar-refractivity contribution in [2.45, 2.75) is 39.1 Å². The van der Waals surface area contributed by atoms with Gasteiger partial charge in [0.05, 0.1) is 18.9 Å². The van der Waals surface area contributed by atoms with Crippen molar-refractivity contribution >= 4 is 31.6 Å². The van der Waals surface area contributed by atoms with Gasteiger partial charge in [-0.05, 0) is 20.8 Å². The molecule has 0 amide bonds. The van der Waals surface area contributed by atoms with E-state index in [1.807, 2.05) is 4.90 Å². The molecular weight excluding hydrogens is 381 g/mol. The van der Waals surface area contributed by atoms with Gasteiger partial charge in [-0.2, -0.15) is 0 Å². The lowest BCUT2D eigenvalue weighted by atomic mass is 10.2. The van der Waals surface area contributed by atoms with Gasteiger partial charge in [-0.25, -0.2) is 14.8 Å². The summed E-state index contributed by atoms with van der Waals surface area (Å²) in [4.78, 5) is 35.2. The van der Waals surface area contributed by atoms with Crippen LogP contribution in [0.25, 0.3) is 0 Å². The molecule has 0 aromatic heterocycles. The average molecular weight is 405 g/mol. The molecule has 0 aliphatic carbocycles. The predicted octanol–water partition coefficient (Wildman–Crippen LogP) is 0.509. The van der Waals surface area contributed by atoms with Gasteiger partial charge in [0, 0.05) is 6.54 Å². The molecule has 3 atom stereocenters. The van der Waals surface area contributed by atoms with Gasteiger partial charge in [0.1, 0.15) is 24.2 Å². The quantitative estimate of drug-likeness (QED) is 0.317. The monoisotopic (exact) mass is 405 g/mol. The third kappa shape index (κ3) is 6.67. The lowest BCUT2D eigenvalue weighted by Crippen LogP contribution is -2.44. The van der Waals surface area contributed by atoms with E-state index >= 15 is 0 Å². The number of ether oxygens (including phenoxy) is 3. The first-order valence-corrected chi connectivity index (χ1v) is 9.99. The first-order chi connectivity index (χ1) is 12.7. The van der Waals surface area contributed by atoms with Crippen molar-refractivity contribution in [3.8, 4) is 0 Å². The molecule has 0 bridgehead atoms. The minimum absolute atomic E-state index is 0.328. The number of nitrogens with two attached hydrogens (primary N) is 1. The first kappa shape index (κ1) is 21.5. The molecule has 152 valence electrons. The second kappa shape index (κ2) is 9.38. The van der Waals surface area contributed by atoms with E-state index < -0.39 is 33.0 Å². The number of hydrogen-bond donors (Lipinski definition) is 2. The van der Waals surface area contributed by atoms with Crippen LogP contribution in [0.4, 0.5) is 4.79 Å². The number of aliphatic imine (C=N–C) groups is 3. The predicted molar refractivity (Wildman–Crippen MR) is 96.8 cm³/mol. The molecule has 2 heterocycles. The number of nitrogens with zero attached hydrogens (tertiary/aromatic N) is 4. The molecule has 0 aromatic carbocycles. The Labute approximate surface area is 156 Å². The lowest BCUT2D eigenvalue weighted by Gasteiger charge is -2.26. The number of fused-ring (bicyclic) bond motifs is 1. The third-order valence-electron chi connectivity index (χ3n) is 3.46. The molecule has 13 heteroatoms. The second-order valence-electron chi connectivity index (χ2n) is 6.16. The number of carbonyl (C=O) groups excluding carboxylic acids is 1. The van der Waals surface area contributed by atoms with Gasteiger partial charge in [0.2, 0.25) is 6.79 Å². The molecule has 2 rings (SSSR count). The largest absolute Gasteiger partial charge is 0.510 e. The van der Waals surface area contributed by atoms with Crippen LogP contribution < -0.4 is 5.73 Å². The van der Waals surface area contributed by atoms with Crippen LogP contribution in [-0.2, 0) is 23.3 Å². The minimum Gasteiger partial charge on any atom is -0.432 e. The summed E-state index contributed by atoms with van der Waals surface area (Å²) >= 11 is 0. The highest BCUT2D eigenvalue weighted by Gasteiger charge is 2.33. The van der Waals surface area contributed by atoms with Gasteiger partial charge in [-0.3, -0.25) is 19.0 Å². The summed E-state index contributed by atoms with van der Waals surface area (Å²) in [5.41, 5.74) is 6.36. The molecular formula is C14H24N5O7P. The van der Waals surface area contributed by atoms with Crippen molar-refractivity contribution in [1.29, 1.82) is 0 Å². The van der Waals surface area contributed by atoms with Crippen LogP contribution >= 0.6 is 7.60 Å². The van der Waals surface area contributed by atoms with Gasteiger partial charge < -0.3 is 24.8 Å². The Morgan fingerprint density at radius 1 is 1.48 bits per heavy atom. The van der Waals surface area contributed by atoms with Crippen LogP contribution in [0, 0.1) is 0 Å². The Bertz CT molecular complexity index is 681. The van der Waals surface area contributed by atoms with Crippen molar-refractivity contribution in [1.82, 2.24) is 4.90 Å². The molecule has 2 aliphatic heterocycles. The van der Waals surface area contributed by atoms with E-state index in [1.165, 1.54) is 6.34 Å². The van der Waals surface area contributed by atoms with Gasteiger partial charge in [-0.1, -0.05) is 0 Å². The highest BCUT2D eigenvalue weighted by Crippen LogP contribution is 2.42. The summed E-state index contributed by atoms with van der Waals surface area (Å²) in [6, 6.07) is 0. The topological polar surface area (TPSA) is 158 Å². The van der Waals surface area contributed by atoms with Crippen molar-refractivity contribution in [3.05, 3.63) is 0 Å². The van der Waals surface area contributed by atoms with E-state index in [0.29, 0.717) is 24.8 Å². The SMILES string of the molecule is CC(C)OC(=O)OCOP(=O)(O)CO[C@@H](C)CN1CN=C2C(N)=NC=NC21. The molecule has 0 aromatic rings. The van der Waals surface area contributed by atoms with E-state index in [9.17, 15) is 14.3 Å². The van der Waals surface area contributed by atoms with Crippen LogP contribution in [0.15, 0.2) is 15.0 Å². The van der Waals surface area contributed by atoms with Gasteiger partial charge in [-0.15, -0.1) is 0 Å². The summed E-state index contributed by atoms with van der Waals surface area (Å²) in [6.07, 6.45) is -1.27. The summed E-state index contributed by atoms with van der Waals surface area (Å²) in [5.74, 6) is 0.329. The molecule has 2 unspecified atom stereocenters. The van der Waals surface area contributed by atoms with Crippen LogP contribution in [0.1, 0.15) is 20.8 Å². The Kier molecular flexibility index (Phi) is 7.45. The highest BCUT2D eigenvalue weighted by atomic mass is 31.2. The summed E-state index contributed by atoms with van der Waals surface area (Å²) < 4.78 is 31.2. The molecule has 0 saturated heterocycles. The Morgan fingerprint density at radius 3 is 2.93 bits per heavy atom. The highest BCUT2D eigenvalue weighted by molar-refractivity contribution is 7.52. The van der Waals surface area contributed by atoms with Crippen molar-refractivity contribution in [3.63, 3.8) is 0 Å². The van der Waals surface area contributed by atoms with E-state index in [4.69, 9.17) is 15.2 Å². The number of rotatable bonds is 9. The Balaban J connectivity index is 1.69. The van der Waals surface area contributed by atoms with Gasteiger partial charge in [0.25, 0.3) is 0 Å². The lowest BCUT2D eigenvalue weighted by molar-refractivity contribution is -0.0158. The number of carbonyl (C=O) groups is 1.